The summed E-state index contributed by atoms with van der Waals surface area (Å²) in [4.78, 5) is 21.6. The number of aromatic nitrogens is 2. The molecule has 0 radical (unpaired) electrons. The van der Waals surface area contributed by atoms with Gasteiger partial charge in [-0.1, -0.05) is 6.92 Å². The summed E-state index contributed by atoms with van der Waals surface area (Å²) in [5, 5.41) is 10.1. The number of sulfonamides is 1. The van der Waals surface area contributed by atoms with Crippen molar-refractivity contribution in [3.63, 3.8) is 0 Å². The monoisotopic (exact) mass is 579 g/mol. The first-order chi connectivity index (χ1) is 18.8. The number of carbonyl (C=O) groups is 1. The molecular formula is C28H45N5O6S. The summed E-state index contributed by atoms with van der Waals surface area (Å²) in [6.45, 7) is 6.29. The maximum absolute atomic E-state index is 14.1. The summed E-state index contributed by atoms with van der Waals surface area (Å²) in [5.74, 6) is 0.00380. The molecule has 3 rings (SSSR count). The number of carbonyl (C=O) groups excluding carboxylic acids is 1. The largest absolute Gasteiger partial charge is 0.490 e. The first-order valence-corrected chi connectivity index (χ1v) is 15.2. The van der Waals surface area contributed by atoms with Gasteiger partial charge in [-0.2, -0.15) is 4.31 Å². The summed E-state index contributed by atoms with van der Waals surface area (Å²) in [6, 6.07) is 5.09. The molecule has 12 heteroatoms. The second-order valence-electron chi connectivity index (χ2n) is 11.0. The zero-order valence-electron chi connectivity index (χ0n) is 24.8. The van der Waals surface area contributed by atoms with Crippen LogP contribution in [0.4, 0.5) is 5.69 Å². The van der Waals surface area contributed by atoms with Gasteiger partial charge in [-0.3, -0.25) is 4.79 Å². The van der Waals surface area contributed by atoms with E-state index in [4.69, 9.17) is 9.47 Å². The van der Waals surface area contributed by atoms with Crippen molar-refractivity contribution in [2.45, 2.75) is 63.3 Å². The predicted octanol–water partition coefficient (Wildman–Crippen LogP) is 2.60. The minimum absolute atomic E-state index is 0.0287. The molecule has 1 aliphatic rings. The first kappa shape index (κ1) is 31.9. The molecule has 1 N–H and O–H groups in total. The maximum Gasteiger partial charge on any atom is 0.261 e. The molecule has 0 saturated carbocycles. The van der Waals surface area contributed by atoms with E-state index in [9.17, 15) is 18.3 Å². The summed E-state index contributed by atoms with van der Waals surface area (Å²) in [6.07, 6.45) is 4.73. The van der Waals surface area contributed by atoms with Crippen molar-refractivity contribution in [2.24, 2.45) is 13.0 Å². The van der Waals surface area contributed by atoms with E-state index in [-0.39, 0.29) is 42.7 Å². The van der Waals surface area contributed by atoms with Gasteiger partial charge < -0.3 is 28.9 Å². The third kappa shape index (κ3) is 7.74. The van der Waals surface area contributed by atoms with E-state index >= 15 is 0 Å². The average Bonchev–Trinajstić information content (AvgIpc) is 3.36. The number of rotatable bonds is 7. The molecule has 0 aliphatic carbocycles. The molecule has 4 atom stereocenters. The summed E-state index contributed by atoms with van der Waals surface area (Å²) in [7, 11) is 3.22. The van der Waals surface area contributed by atoms with Crippen molar-refractivity contribution < 1.29 is 27.8 Å². The fourth-order valence-electron chi connectivity index (χ4n) is 4.68. The van der Waals surface area contributed by atoms with Gasteiger partial charge in [0.1, 0.15) is 5.75 Å². The first-order valence-electron chi connectivity index (χ1n) is 13.8. The van der Waals surface area contributed by atoms with E-state index in [0.29, 0.717) is 17.9 Å². The lowest BCUT2D eigenvalue weighted by Gasteiger charge is -2.35. The molecule has 40 heavy (non-hydrogen) atoms. The number of aryl methyl sites for hydroxylation is 1. The smallest absolute Gasteiger partial charge is 0.261 e. The number of amides is 1. The van der Waals surface area contributed by atoms with Gasteiger partial charge in [0.25, 0.3) is 15.9 Å². The van der Waals surface area contributed by atoms with Gasteiger partial charge in [0.2, 0.25) is 0 Å². The number of hydrogen-bond acceptors (Lipinski definition) is 8. The van der Waals surface area contributed by atoms with Crippen LogP contribution in [0.25, 0.3) is 0 Å². The van der Waals surface area contributed by atoms with Crippen LogP contribution >= 0.6 is 0 Å². The number of nitrogens with zero attached hydrogens (tertiary/aromatic N) is 5. The van der Waals surface area contributed by atoms with Crippen molar-refractivity contribution in [1.82, 2.24) is 18.8 Å². The van der Waals surface area contributed by atoms with Crippen LogP contribution in [0.2, 0.25) is 0 Å². The van der Waals surface area contributed by atoms with Crippen molar-refractivity contribution in [1.29, 1.82) is 0 Å². The highest BCUT2D eigenvalue weighted by Crippen LogP contribution is 2.29. The average molecular weight is 580 g/mol. The SMILES string of the molecule is C[C@H](CO)N1C[C@H](C)[C@@H](CN(C)S(=O)(=O)c2cn(C)cn2)OCCCC[C@H](C)Oc2ccc(N(C)C)cc2C1=O. The van der Waals surface area contributed by atoms with Crippen molar-refractivity contribution in [3.8, 4) is 5.75 Å². The Labute approximate surface area is 238 Å². The van der Waals surface area contributed by atoms with Gasteiger partial charge >= 0.3 is 0 Å². The quantitative estimate of drug-likeness (QED) is 0.532. The van der Waals surface area contributed by atoms with E-state index in [2.05, 4.69) is 4.98 Å². The number of benzene rings is 1. The molecule has 0 bridgehead atoms. The second-order valence-corrected chi connectivity index (χ2v) is 13.0. The Hall–Kier alpha value is -2.67. The number of hydrogen-bond donors (Lipinski definition) is 1. The Morgan fingerprint density at radius 2 is 1.93 bits per heavy atom. The lowest BCUT2D eigenvalue weighted by molar-refractivity contribution is -0.00835. The Bertz CT molecular complexity index is 1230. The Morgan fingerprint density at radius 3 is 2.55 bits per heavy atom. The molecule has 0 saturated heterocycles. The van der Waals surface area contributed by atoms with Crippen LogP contribution in [0, 0.1) is 5.92 Å². The molecule has 11 nitrogen and oxygen atoms in total. The van der Waals surface area contributed by atoms with Crippen molar-refractivity contribution in [2.75, 3.05) is 52.3 Å². The van der Waals surface area contributed by atoms with Gasteiger partial charge in [-0.05, 0) is 51.3 Å². The van der Waals surface area contributed by atoms with Crippen LogP contribution < -0.4 is 9.64 Å². The highest BCUT2D eigenvalue weighted by molar-refractivity contribution is 7.89. The van der Waals surface area contributed by atoms with Gasteiger partial charge in [0.15, 0.2) is 5.03 Å². The van der Waals surface area contributed by atoms with Crippen LogP contribution in [0.15, 0.2) is 35.7 Å². The normalized spacial score (nSPS) is 22.4. The molecule has 1 amide bonds. The Morgan fingerprint density at radius 1 is 1.20 bits per heavy atom. The molecule has 1 aromatic carbocycles. The van der Waals surface area contributed by atoms with Crippen molar-refractivity contribution in [3.05, 3.63) is 36.3 Å². The van der Waals surface area contributed by atoms with E-state index in [1.54, 1.807) is 23.4 Å². The van der Waals surface area contributed by atoms with Gasteiger partial charge in [-0.25, -0.2) is 13.4 Å². The number of imidazole rings is 1. The van der Waals surface area contributed by atoms with Crippen LogP contribution in [-0.4, -0.2) is 104 Å². The maximum atomic E-state index is 14.1. The molecule has 1 aromatic heterocycles. The molecule has 1 aliphatic heterocycles. The topological polar surface area (TPSA) is 117 Å². The molecule has 0 fully saturated rings. The zero-order chi connectivity index (χ0) is 29.6. The fraction of sp³-hybridized carbons (Fsp3) is 0.643. The fourth-order valence-corrected chi connectivity index (χ4v) is 5.83. The highest BCUT2D eigenvalue weighted by atomic mass is 32.2. The summed E-state index contributed by atoms with van der Waals surface area (Å²) < 4.78 is 41.8. The molecular weight excluding hydrogens is 534 g/mol. The standard InChI is InChI=1S/C28H45N5O6S/c1-20-15-33(21(2)18-34)28(35)24-14-23(30(4)5)11-12-25(24)39-22(3)10-8-9-13-38-26(20)16-32(7)40(36,37)27-17-31(6)19-29-27/h11-12,14,17,19-22,26,34H,8-10,13,15-16,18H2,1-7H3/t20-,21+,22-,26+/m0/s1. The second kappa shape index (κ2) is 13.8. The number of anilines is 1. The third-order valence-corrected chi connectivity index (χ3v) is 9.05. The number of aliphatic hydroxyl groups excluding tert-OH is 1. The summed E-state index contributed by atoms with van der Waals surface area (Å²) >= 11 is 0. The van der Waals surface area contributed by atoms with E-state index in [1.165, 1.54) is 23.9 Å². The predicted molar refractivity (Wildman–Crippen MR) is 154 cm³/mol. The zero-order valence-corrected chi connectivity index (χ0v) is 25.6. The number of likely N-dealkylation sites (N-methyl/N-ethyl adjacent to an activating group) is 1. The van der Waals surface area contributed by atoms with E-state index < -0.39 is 22.2 Å². The van der Waals surface area contributed by atoms with Gasteiger partial charge in [0.05, 0.1) is 36.7 Å². The van der Waals surface area contributed by atoms with E-state index in [1.807, 2.05) is 51.0 Å². The highest BCUT2D eigenvalue weighted by Gasteiger charge is 2.33. The minimum Gasteiger partial charge on any atom is -0.490 e. The van der Waals surface area contributed by atoms with Crippen molar-refractivity contribution >= 4 is 21.6 Å². The molecule has 2 aromatic rings. The lowest BCUT2D eigenvalue weighted by atomic mass is 10.0. The lowest BCUT2D eigenvalue weighted by Crippen LogP contribution is -2.48. The van der Waals surface area contributed by atoms with E-state index in [0.717, 1.165) is 24.9 Å². The van der Waals surface area contributed by atoms with Crippen LogP contribution in [0.1, 0.15) is 50.4 Å². The molecule has 224 valence electrons. The van der Waals surface area contributed by atoms with Crippen LogP contribution in [0.3, 0.4) is 0 Å². The number of aliphatic hydroxyl groups is 1. The van der Waals surface area contributed by atoms with Gasteiger partial charge in [0, 0.05) is 65.7 Å². The number of ether oxygens (including phenoxy) is 2. The molecule has 0 unspecified atom stereocenters. The Kier molecular flexibility index (Phi) is 11.0. The molecule has 2 heterocycles. The van der Waals surface area contributed by atoms with Gasteiger partial charge in [-0.15, -0.1) is 0 Å². The van der Waals surface area contributed by atoms with Crippen LogP contribution in [0.5, 0.6) is 5.75 Å². The number of fused-ring (bicyclic) bond motifs is 1. The third-order valence-electron chi connectivity index (χ3n) is 7.34. The minimum atomic E-state index is -3.83. The molecule has 0 spiro atoms. The van der Waals surface area contributed by atoms with Crippen LogP contribution in [-0.2, 0) is 21.8 Å². The summed E-state index contributed by atoms with van der Waals surface area (Å²) in [5.41, 5.74) is 1.28. The Balaban J connectivity index is 1.96.